The molecule has 1 amide bonds. The average molecular weight is 264 g/mol. The molecular formula is C14H24N4O. The number of hydrogen-bond acceptors (Lipinski definition) is 3. The van der Waals surface area contributed by atoms with Gasteiger partial charge in [-0.1, -0.05) is 26.8 Å². The van der Waals surface area contributed by atoms with E-state index in [-0.39, 0.29) is 17.4 Å². The fourth-order valence-corrected chi connectivity index (χ4v) is 1.71. The summed E-state index contributed by atoms with van der Waals surface area (Å²) in [6.07, 6.45) is 7.49. The zero-order valence-corrected chi connectivity index (χ0v) is 12.0. The molecule has 0 radical (unpaired) electrons. The van der Waals surface area contributed by atoms with Gasteiger partial charge < -0.3 is 15.6 Å². The van der Waals surface area contributed by atoms with Crippen LogP contribution in [0.5, 0.6) is 0 Å². The van der Waals surface area contributed by atoms with Gasteiger partial charge in [-0.25, -0.2) is 4.98 Å². The number of carbonyl (C=O) groups excluding carboxylic acids is 1. The molecule has 0 saturated carbocycles. The maximum atomic E-state index is 12.0. The Kier molecular flexibility index (Phi) is 5.30. The molecule has 0 aromatic carbocycles. The molecule has 5 heteroatoms. The van der Waals surface area contributed by atoms with E-state index in [0.29, 0.717) is 13.0 Å². The number of carbonyl (C=O) groups is 1. The summed E-state index contributed by atoms with van der Waals surface area (Å²) in [5, 5.41) is 3.02. The van der Waals surface area contributed by atoms with Gasteiger partial charge in [0, 0.05) is 18.9 Å². The molecule has 19 heavy (non-hydrogen) atoms. The van der Waals surface area contributed by atoms with Crippen molar-refractivity contribution in [3.05, 3.63) is 31.4 Å². The normalized spacial score (nSPS) is 14.7. The third-order valence-electron chi connectivity index (χ3n) is 3.07. The summed E-state index contributed by atoms with van der Waals surface area (Å²) in [7, 11) is 0. The quantitative estimate of drug-likeness (QED) is 0.761. The van der Waals surface area contributed by atoms with E-state index in [1.165, 1.54) is 0 Å². The van der Waals surface area contributed by atoms with Gasteiger partial charge in [0.2, 0.25) is 5.91 Å². The van der Waals surface area contributed by atoms with Crippen molar-refractivity contribution in [1.82, 2.24) is 14.9 Å². The topological polar surface area (TPSA) is 72.9 Å². The molecule has 3 N–H and O–H groups in total. The summed E-state index contributed by atoms with van der Waals surface area (Å²) in [4.78, 5) is 16.0. The number of imidazole rings is 1. The number of nitrogens with zero attached hydrogens (tertiary/aromatic N) is 2. The maximum absolute atomic E-state index is 12.0. The van der Waals surface area contributed by atoms with Crippen LogP contribution in [0.4, 0.5) is 0 Å². The number of nitrogens with one attached hydrogen (secondary N) is 1. The van der Waals surface area contributed by atoms with Crippen LogP contribution >= 0.6 is 0 Å². The van der Waals surface area contributed by atoms with E-state index >= 15 is 0 Å². The van der Waals surface area contributed by atoms with Crippen LogP contribution in [0.3, 0.4) is 0 Å². The first-order valence-corrected chi connectivity index (χ1v) is 6.47. The highest BCUT2D eigenvalue weighted by atomic mass is 16.2. The second-order valence-corrected chi connectivity index (χ2v) is 5.82. The minimum absolute atomic E-state index is 0.00920. The van der Waals surface area contributed by atoms with Crippen LogP contribution in [-0.2, 0) is 11.3 Å². The summed E-state index contributed by atoms with van der Waals surface area (Å²) in [5.41, 5.74) is 5.73. The van der Waals surface area contributed by atoms with Gasteiger partial charge in [0.05, 0.1) is 18.4 Å². The van der Waals surface area contributed by atoms with Gasteiger partial charge in [0.15, 0.2) is 0 Å². The molecule has 0 aliphatic carbocycles. The lowest BCUT2D eigenvalue weighted by Gasteiger charge is -2.32. The van der Waals surface area contributed by atoms with Crippen LogP contribution in [0.25, 0.3) is 0 Å². The summed E-state index contributed by atoms with van der Waals surface area (Å²) in [6.45, 7) is 10.5. The van der Waals surface area contributed by atoms with Gasteiger partial charge in [0.25, 0.3) is 0 Å². The SMILES string of the molecule is C=CCC(N)C(=O)NC(Cn1ccnc1)C(C)(C)C. The lowest BCUT2D eigenvalue weighted by Crippen LogP contribution is -2.51. The third-order valence-corrected chi connectivity index (χ3v) is 3.07. The molecule has 106 valence electrons. The van der Waals surface area contributed by atoms with Crippen LogP contribution in [0.15, 0.2) is 31.4 Å². The van der Waals surface area contributed by atoms with Gasteiger partial charge in [-0.2, -0.15) is 0 Å². The summed E-state index contributed by atoms with van der Waals surface area (Å²) in [6, 6.07) is -0.546. The van der Waals surface area contributed by atoms with E-state index in [1.54, 1.807) is 18.6 Å². The van der Waals surface area contributed by atoms with E-state index in [4.69, 9.17) is 5.73 Å². The van der Waals surface area contributed by atoms with Crippen LogP contribution in [0, 0.1) is 5.41 Å². The predicted molar refractivity (Wildman–Crippen MR) is 76.4 cm³/mol. The first-order valence-electron chi connectivity index (χ1n) is 6.47. The van der Waals surface area contributed by atoms with E-state index in [9.17, 15) is 4.79 Å². The molecule has 1 aromatic heterocycles. The molecule has 1 aromatic rings. The van der Waals surface area contributed by atoms with Gasteiger partial charge in [-0.15, -0.1) is 6.58 Å². The lowest BCUT2D eigenvalue weighted by atomic mass is 9.86. The summed E-state index contributed by atoms with van der Waals surface area (Å²) < 4.78 is 1.95. The molecule has 0 aliphatic heterocycles. The van der Waals surface area contributed by atoms with Crippen molar-refractivity contribution >= 4 is 5.91 Å². The van der Waals surface area contributed by atoms with E-state index in [1.807, 2.05) is 10.8 Å². The Morgan fingerprint density at radius 3 is 2.74 bits per heavy atom. The first kappa shape index (κ1) is 15.4. The van der Waals surface area contributed by atoms with Crippen molar-refractivity contribution in [2.75, 3.05) is 0 Å². The van der Waals surface area contributed by atoms with Crippen LogP contribution in [0.1, 0.15) is 27.2 Å². The van der Waals surface area contributed by atoms with Gasteiger partial charge in [-0.05, 0) is 11.8 Å². The van der Waals surface area contributed by atoms with Gasteiger partial charge >= 0.3 is 0 Å². The molecule has 1 heterocycles. The third kappa shape index (κ3) is 4.87. The minimum atomic E-state index is -0.537. The molecule has 1 rings (SSSR count). The number of nitrogens with two attached hydrogens (primary N) is 1. The molecule has 2 unspecified atom stereocenters. The molecule has 0 spiro atoms. The number of aromatic nitrogens is 2. The van der Waals surface area contributed by atoms with E-state index < -0.39 is 6.04 Å². The van der Waals surface area contributed by atoms with Crippen LogP contribution in [0.2, 0.25) is 0 Å². The number of amides is 1. The van der Waals surface area contributed by atoms with Gasteiger partial charge in [-0.3, -0.25) is 4.79 Å². The fraction of sp³-hybridized carbons (Fsp3) is 0.571. The van der Waals surface area contributed by atoms with Crippen molar-refractivity contribution in [3.8, 4) is 0 Å². The second kappa shape index (κ2) is 6.52. The highest BCUT2D eigenvalue weighted by Gasteiger charge is 2.27. The Bertz CT molecular complexity index is 406. The Hall–Kier alpha value is -1.62. The number of hydrogen-bond donors (Lipinski definition) is 2. The second-order valence-electron chi connectivity index (χ2n) is 5.82. The van der Waals surface area contributed by atoms with Crippen molar-refractivity contribution < 1.29 is 4.79 Å². The average Bonchev–Trinajstić information content (AvgIpc) is 2.80. The Labute approximate surface area is 114 Å². The summed E-state index contributed by atoms with van der Waals surface area (Å²) in [5.74, 6) is -0.139. The Morgan fingerprint density at radius 2 is 2.26 bits per heavy atom. The molecule has 0 aliphatic rings. The monoisotopic (exact) mass is 264 g/mol. The highest BCUT2D eigenvalue weighted by Crippen LogP contribution is 2.20. The van der Waals surface area contributed by atoms with E-state index in [0.717, 1.165) is 0 Å². The number of rotatable bonds is 6. The van der Waals surface area contributed by atoms with Crippen LogP contribution in [-0.4, -0.2) is 27.5 Å². The van der Waals surface area contributed by atoms with Crippen molar-refractivity contribution in [1.29, 1.82) is 0 Å². The standard InChI is InChI=1S/C14H24N4O/c1-5-6-11(15)13(19)17-12(14(2,3)4)9-18-8-7-16-10-18/h5,7-8,10-12H,1,6,9,15H2,2-4H3,(H,17,19). The molecular weight excluding hydrogens is 240 g/mol. The smallest absolute Gasteiger partial charge is 0.237 e. The van der Waals surface area contributed by atoms with Crippen molar-refractivity contribution in [2.24, 2.45) is 11.1 Å². The zero-order chi connectivity index (χ0) is 14.5. The highest BCUT2D eigenvalue weighted by molar-refractivity contribution is 5.82. The Morgan fingerprint density at radius 1 is 1.58 bits per heavy atom. The Balaban J connectivity index is 2.70. The maximum Gasteiger partial charge on any atom is 0.237 e. The summed E-state index contributed by atoms with van der Waals surface area (Å²) >= 11 is 0. The van der Waals surface area contributed by atoms with Crippen LogP contribution < -0.4 is 11.1 Å². The minimum Gasteiger partial charge on any atom is -0.350 e. The van der Waals surface area contributed by atoms with E-state index in [2.05, 4.69) is 37.7 Å². The largest absolute Gasteiger partial charge is 0.350 e. The van der Waals surface area contributed by atoms with Crippen molar-refractivity contribution in [3.63, 3.8) is 0 Å². The predicted octanol–water partition coefficient (Wildman–Crippen LogP) is 1.32. The zero-order valence-electron chi connectivity index (χ0n) is 12.0. The van der Waals surface area contributed by atoms with Crippen molar-refractivity contribution in [2.45, 2.75) is 45.8 Å². The van der Waals surface area contributed by atoms with Gasteiger partial charge in [0.1, 0.15) is 0 Å². The fourth-order valence-electron chi connectivity index (χ4n) is 1.71. The molecule has 0 bridgehead atoms. The first-order chi connectivity index (χ1) is 8.84. The molecule has 0 fully saturated rings. The molecule has 5 nitrogen and oxygen atoms in total. The molecule has 2 atom stereocenters. The molecule has 0 saturated heterocycles. The lowest BCUT2D eigenvalue weighted by molar-refractivity contribution is -0.123.